The van der Waals surface area contributed by atoms with Gasteiger partial charge in [-0.25, -0.2) is 5.84 Å². The third kappa shape index (κ3) is 3.79. The summed E-state index contributed by atoms with van der Waals surface area (Å²) in [6.45, 7) is 6.85. The first-order valence-electron chi connectivity index (χ1n) is 6.66. The normalized spacial score (nSPS) is 23.6. The van der Waals surface area contributed by atoms with Crippen molar-refractivity contribution in [3.63, 3.8) is 0 Å². The predicted molar refractivity (Wildman–Crippen MR) is 81.1 cm³/mol. The summed E-state index contributed by atoms with van der Waals surface area (Å²) < 4.78 is 6.65. The zero-order valence-corrected chi connectivity index (χ0v) is 13.3. The van der Waals surface area contributed by atoms with Crippen molar-refractivity contribution >= 4 is 21.8 Å². The van der Waals surface area contributed by atoms with Gasteiger partial charge in [-0.3, -0.25) is 15.1 Å². The summed E-state index contributed by atoms with van der Waals surface area (Å²) in [7, 11) is 0. The Kier molecular flexibility index (Phi) is 5.15. The Morgan fingerprint density at radius 2 is 2.10 bits per heavy atom. The quantitative estimate of drug-likeness (QED) is 0.498. The highest BCUT2D eigenvalue weighted by Crippen LogP contribution is 2.22. The average Bonchev–Trinajstić information content (AvgIpc) is 2.39. The van der Waals surface area contributed by atoms with Gasteiger partial charge in [0.2, 0.25) is 0 Å². The van der Waals surface area contributed by atoms with Gasteiger partial charge in [-0.1, -0.05) is 22.0 Å². The average molecular weight is 342 g/mol. The number of benzene rings is 1. The number of nitrogens with one attached hydrogen (secondary N) is 1. The van der Waals surface area contributed by atoms with Crippen molar-refractivity contribution < 1.29 is 9.53 Å². The standard InChI is InChI=1S/C14H20BrN3O2/c1-9-6-18(7-10(2)20-9)8-12-4-3-11(5-13(12)15)14(19)17-16/h3-5,9-10H,6-8,16H2,1-2H3,(H,17,19)/t9-,10+. The molecule has 20 heavy (non-hydrogen) atoms. The first kappa shape index (κ1) is 15.4. The molecule has 1 saturated heterocycles. The second-order valence-corrected chi connectivity index (χ2v) is 6.09. The van der Waals surface area contributed by atoms with Crippen LogP contribution in [0.3, 0.4) is 0 Å². The molecule has 1 aromatic rings. The van der Waals surface area contributed by atoms with E-state index in [1.165, 1.54) is 0 Å². The van der Waals surface area contributed by atoms with E-state index >= 15 is 0 Å². The van der Waals surface area contributed by atoms with Gasteiger partial charge < -0.3 is 4.74 Å². The monoisotopic (exact) mass is 341 g/mol. The number of hydrogen-bond donors (Lipinski definition) is 2. The topological polar surface area (TPSA) is 67.6 Å². The molecule has 1 amide bonds. The Balaban J connectivity index is 2.08. The minimum atomic E-state index is -0.286. The molecule has 1 aliphatic rings. The first-order valence-corrected chi connectivity index (χ1v) is 7.46. The lowest BCUT2D eigenvalue weighted by molar-refractivity contribution is -0.0705. The van der Waals surface area contributed by atoms with E-state index in [1.807, 2.05) is 6.07 Å². The highest BCUT2D eigenvalue weighted by atomic mass is 79.9. The van der Waals surface area contributed by atoms with E-state index in [0.29, 0.717) is 5.56 Å². The smallest absolute Gasteiger partial charge is 0.265 e. The van der Waals surface area contributed by atoms with Gasteiger partial charge in [0.15, 0.2) is 0 Å². The number of carbonyl (C=O) groups excluding carboxylic acids is 1. The third-order valence-corrected chi connectivity index (χ3v) is 4.07. The van der Waals surface area contributed by atoms with Crippen molar-refractivity contribution in [1.82, 2.24) is 10.3 Å². The molecule has 0 aromatic heterocycles. The predicted octanol–water partition coefficient (Wildman–Crippen LogP) is 1.66. The van der Waals surface area contributed by atoms with Crippen LogP contribution in [0.2, 0.25) is 0 Å². The number of hydrogen-bond acceptors (Lipinski definition) is 4. The molecule has 6 heteroatoms. The number of halogens is 1. The highest BCUT2D eigenvalue weighted by molar-refractivity contribution is 9.10. The maximum atomic E-state index is 11.5. The molecule has 0 saturated carbocycles. The van der Waals surface area contributed by atoms with E-state index in [1.54, 1.807) is 12.1 Å². The molecule has 1 heterocycles. The van der Waals surface area contributed by atoms with Gasteiger partial charge in [0, 0.05) is 29.7 Å². The third-order valence-electron chi connectivity index (χ3n) is 3.34. The number of nitrogens with zero attached hydrogens (tertiary/aromatic N) is 1. The van der Waals surface area contributed by atoms with Gasteiger partial charge in [-0.2, -0.15) is 0 Å². The molecule has 2 rings (SSSR count). The zero-order valence-electron chi connectivity index (χ0n) is 11.7. The van der Waals surface area contributed by atoms with Crippen molar-refractivity contribution in [1.29, 1.82) is 0 Å². The summed E-state index contributed by atoms with van der Waals surface area (Å²) in [6, 6.07) is 5.54. The molecule has 0 radical (unpaired) electrons. The van der Waals surface area contributed by atoms with Gasteiger partial charge in [-0.15, -0.1) is 0 Å². The Morgan fingerprint density at radius 3 is 2.65 bits per heavy atom. The van der Waals surface area contributed by atoms with Crippen molar-refractivity contribution in [2.75, 3.05) is 13.1 Å². The van der Waals surface area contributed by atoms with E-state index in [0.717, 1.165) is 29.7 Å². The van der Waals surface area contributed by atoms with Crippen LogP contribution in [-0.4, -0.2) is 36.1 Å². The summed E-state index contributed by atoms with van der Waals surface area (Å²) in [5.74, 6) is 4.85. The van der Waals surface area contributed by atoms with Crippen LogP contribution < -0.4 is 11.3 Å². The lowest BCUT2D eigenvalue weighted by atomic mass is 10.1. The fourth-order valence-corrected chi connectivity index (χ4v) is 3.06. The summed E-state index contributed by atoms with van der Waals surface area (Å²) >= 11 is 3.52. The van der Waals surface area contributed by atoms with Crippen molar-refractivity contribution in [2.24, 2.45) is 5.84 Å². The molecule has 5 nitrogen and oxygen atoms in total. The van der Waals surface area contributed by atoms with E-state index < -0.39 is 0 Å². The second kappa shape index (κ2) is 6.67. The van der Waals surface area contributed by atoms with Crippen LogP contribution in [0.25, 0.3) is 0 Å². The Morgan fingerprint density at radius 1 is 1.45 bits per heavy atom. The van der Waals surface area contributed by atoms with Crippen LogP contribution in [0.5, 0.6) is 0 Å². The largest absolute Gasteiger partial charge is 0.373 e. The minimum absolute atomic E-state index is 0.250. The fraction of sp³-hybridized carbons (Fsp3) is 0.500. The molecule has 1 aliphatic heterocycles. The van der Waals surface area contributed by atoms with Crippen molar-refractivity contribution in [3.8, 4) is 0 Å². The maximum absolute atomic E-state index is 11.5. The zero-order chi connectivity index (χ0) is 14.7. The molecule has 110 valence electrons. The first-order chi connectivity index (χ1) is 9.49. The molecule has 1 aromatic carbocycles. The number of carbonyl (C=O) groups is 1. The highest BCUT2D eigenvalue weighted by Gasteiger charge is 2.22. The summed E-state index contributed by atoms with van der Waals surface area (Å²) in [6.07, 6.45) is 0.500. The van der Waals surface area contributed by atoms with Gasteiger partial charge in [0.05, 0.1) is 12.2 Å². The molecule has 1 fully saturated rings. The van der Waals surface area contributed by atoms with E-state index in [4.69, 9.17) is 10.6 Å². The van der Waals surface area contributed by atoms with Crippen molar-refractivity contribution in [2.45, 2.75) is 32.6 Å². The molecule has 0 aliphatic carbocycles. The van der Waals surface area contributed by atoms with Crippen LogP contribution in [0, 0.1) is 0 Å². The lowest BCUT2D eigenvalue weighted by Gasteiger charge is -2.35. The molecular weight excluding hydrogens is 322 g/mol. The number of nitrogens with two attached hydrogens (primary N) is 1. The van der Waals surface area contributed by atoms with E-state index in [9.17, 15) is 4.79 Å². The maximum Gasteiger partial charge on any atom is 0.265 e. The van der Waals surface area contributed by atoms with Crippen LogP contribution in [0.1, 0.15) is 29.8 Å². The van der Waals surface area contributed by atoms with Gasteiger partial charge in [0.1, 0.15) is 0 Å². The lowest BCUT2D eigenvalue weighted by Crippen LogP contribution is -2.44. The van der Waals surface area contributed by atoms with Crippen LogP contribution in [-0.2, 0) is 11.3 Å². The number of hydrazine groups is 1. The molecular formula is C14H20BrN3O2. The van der Waals surface area contributed by atoms with Crippen LogP contribution in [0.4, 0.5) is 0 Å². The number of amides is 1. The SMILES string of the molecule is C[C@@H]1CN(Cc2ccc(C(=O)NN)cc2Br)C[C@H](C)O1. The second-order valence-electron chi connectivity index (χ2n) is 5.23. The Labute approximate surface area is 127 Å². The summed E-state index contributed by atoms with van der Waals surface area (Å²) in [5, 5.41) is 0. The van der Waals surface area contributed by atoms with Crippen molar-refractivity contribution in [3.05, 3.63) is 33.8 Å². The molecule has 2 atom stereocenters. The Hall–Kier alpha value is -0.950. The molecule has 3 N–H and O–H groups in total. The number of morpholine rings is 1. The number of rotatable bonds is 3. The van der Waals surface area contributed by atoms with Gasteiger partial charge >= 0.3 is 0 Å². The minimum Gasteiger partial charge on any atom is -0.373 e. The van der Waals surface area contributed by atoms with Gasteiger partial charge in [0.25, 0.3) is 5.91 Å². The van der Waals surface area contributed by atoms with Crippen LogP contribution in [0.15, 0.2) is 22.7 Å². The summed E-state index contributed by atoms with van der Waals surface area (Å²) in [5.41, 5.74) is 3.83. The summed E-state index contributed by atoms with van der Waals surface area (Å²) in [4.78, 5) is 13.8. The van der Waals surface area contributed by atoms with E-state index in [-0.39, 0.29) is 18.1 Å². The number of nitrogen functional groups attached to an aromatic ring is 1. The number of ether oxygens (including phenoxy) is 1. The molecule has 0 spiro atoms. The molecule has 0 bridgehead atoms. The Bertz CT molecular complexity index is 485. The van der Waals surface area contributed by atoms with E-state index in [2.05, 4.69) is 40.1 Å². The fourth-order valence-electron chi connectivity index (χ4n) is 2.55. The van der Waals surface area contributed by atoms with Gasteiger partial charge in [-0.05, 0) is 31.5 Å². The van der Waals surface area contributed by atoms with Crippen LogP contribution >= 0.6 is 15.9 Å². The molecule has 0 unspecified atom stereocenters.